The van der Waals surface area contributed by atoms with Crippen molar-refractivity contribution in [1.29, 1.82) is 0 Å². The molecule has 0 atom stereocenters. The van der Waals surface area contributed by atoms with Gasteiger partial charge in [0.25, 0.3) is 5.91 Å². The van der Waals surface area contributed by atoms with Crippen LogP contribution in [0.25, 0.3) is 0 Å². The molecule has 2 aromatic carbocycles. The molecule has 1 fully saturated rings. The van der Waals surface area contributed by atoms with Gasteiger partial charge >= 0.3 is 0 Å². The number of nitrogens with zero attached hydrogens (tertiary/aromatic N) is 1. The normalized spacial score (nSPS) is 15.2. The molecule has 1 aliphatic rings. The molecule has 0 unspecified atom stereocenters. The number of carbonyl (C=O) groups is 1. The van der Waals surface area contributed by atoms with E-state index in [0.717, 1.165) is 49.7 Å². The second-order valence-corrected chi connectivity index (χ2v) is 6.07. The van der Waals surface area contributed by atoms with Crippen LogP contribution in [0.4, 0.5) is 11.4 Å². The zero-order valence-electron chi connectivity index (χ0n) is 13.9. The third-order valence-corrected chi connectivity index (χ3v) is 4.27. The molecule has 1 amide bonds. The maximum atomic E-state index is 12.6. The Morgan fingerprint density at radius 1 is 1.21 bits per heavy atom. The van der Waals surface area contributed by atoms with Crippen LogP contribution in [-0.4, -0.2) is 37.1 Å². The minimum absolute atomic E-state index is 0.130. The van der Waals surface area contributed by atoms with Crippen LogP contribution in [0.3, 0.4) is 0 Å². The fourth-order valence-corrected chi connectivity index (χ4v) is 2.85. The lowest BCUT2D eigenvalue weighted by molar-refractivity contribution is 0.0342. The van der Waals surface area contributed by atoms with Crippen molar-refractivity contribution < 1.29 is 9.53 Å². The third kappa shape index (κ3) is 3.93. The largest absolute Gasteiger partial charge is 0.399 e. The Bertz CT molecular complexity index is 724. The van der Waals surface area contributed by atoms with Gasteiger partial charge in [-0.1, -0.05) is 24.3 Å². The van der Waals surface area contributed by atoms with E-state index in [1.807, 2.05) is 31.2 Å². The molecule has 126 valence electrons. The zero-order valence-corrected chi connectivity index (χ0v) is 13.9. The van der Waals surface area contributed by atoms with Gasteiger partial charge in [0, 0.05) is 36.6 Å². The third-order valence-electron chi connectivity index (χ3n) is 4.27. The summed E-state index contributed by atoms with van der Waals surface area (Å²) in [5.74, 6) is -0.130. The summed E-state index contributed by atoms with van der Waals surface area (Å²) in [5, 5.41) is 3.03. The molecule has 0 spiro atoms. The topological polar surface area (TPSA) is 67.6 Å². The average Bonchev–Trinajstić information content (AvgIpc) is 2.59. The highest BCUT2D eigenvalue weighted by molar-refractivity contribution is 6.06. The Morgan fingerprint density at radius 3 is 2.75 bits per heavy atom. The number of nitrogen functional groups attached to an aromatic ring is 1. The number of aryl methyl sites for hydroxylation is 1. The van der Waals surface area contributed by atoms with Crippen molar-refractivity contribution in [3.8, 4) is 0 Å². The summed E-state index contributed by atoms with van der Waals surface area (Å²) < 4.78 is 5.39. The Hall–Kier alpha value is -2.37. The zero-order chi connectivity index (χ0) is 16.9. The van der Waals surface area contributed by atoms with Gasteiger partial charge in [-0.25, -0.2) is 0 Å². The summed E-state index contributed by atoms with van der Waals surface area (Å²) in [7, 11) is 0. The van der Waals surface area contributed by atoms with Gasteiger partial charge in [0.2, 0.25) is 0 Å². The number of para-hydroxylation sites is 1. The van der Waals surface area contributed by atoms with Crippen LogP contribution in [0, 0.1) is 6.92 Å². The molecule has 2 aromatic rings. The van der Waals surface area contributed by atoms with Crippen molar-refractivity contribution in [3.05, 3.63) is 59.2 Å². The molecular weight excluding hydrogens is 302 g/mol. The van der Waals surface area contributed by atoms with Crippen LogP contribution in [0.1, 0.15) is 21.5 Å². The van der Waals surface area contributed by atoms with Gasteiger partial charge in [0.05, 0.1) is 13.2 Å². The van der Waals surface area contributed by atoms with Gasteiger partial charge in [-0.15, -0.1) is 0 Å². The number of ether oxygens (including phenoxy) is 1. The number of carbonyl (C=O) groups excluding carboxylic acids is 1. The molecule has 0 aromatic heterocycles. The number of nitrogens with one attached hydrogen (secondary N) is 1. The van der Waals surface area contributed by atoms with Crippen molar-refractivity contribution in [3.63, 3.8) is 0 Å². The first-order valence-corrected chi connectivity index (χ1v) is 8.19. The van der Waals surface area contributed by atoms with E-state index in [-0.39, 0.29) is 5.91 Å². The number of nitrogens with two attached hydrogens (primary N) is 1. The Morgan fingerprint density at radius 2 is 1.96 bits per heavy atom. The maximum absolute atomic E-state index is 12.6. The number of hydrogen-bond donors (Lipinski definition) is 2. The molecule has 0 bridgehead atoms. The van der Waals surface area contributed by atoms with Crippen LogP contribution >= 0.6 is 0 Å². The number of benzene rings is 2. The lowest BCUT2D eigenvalue weighted by atomic mass is 10.1. The van der Waals surface area contributed by atoms with Crippen LogP contribution in [0.5, 0.6) is 0 Å². The predicted molar refractivity (Wildman–Crippen MR) is 96.1 cm³/mol. The number of hydrogen-bond acceptors (Lipinski definition) is 4. The molecule has 5 nitrogen and oxygen atoms in total. The van der Waals surface area contributed by atoms with E-state index in [1.54, 1.807) is 12.1 Å². The first kappa shape index (κ1) is 16.5. The van der Waals surface area contributed by atoms with Crippen molar-refractivity contribution in [1.82, 2.24) is 4.90 Å². The summed E-state index contributed by atoms with van der Waals surface area (Å²) in [6.07, 6.45) is 0. The molecule has 0 saturated carbocycles. The number of morpholine rings is 1. The lowest BCUT2D eigenvalue weighted by Gasteiger charge is -2.27. The van der Waals surface area contributed by atoms with Crippen molar-refractivity contribution >= 4 is 17.3 Å². The molecule has 0 radical (unpaired) electrons. The first-order valence-electron chi connectivity index (χ1n) is 8.19. The van der Waals surface area contributed by atoms with Crippen molar-refractivity contribution in [2.45, 2.75) is 13.5 Å². The van der Waals surface area contributed by atoms with E-state index >= 15 is 0 Å². The van der Waals surface area contributed by atoms with E-state index in [2.05, 4.69) is 16.3 Å². The Labute approximate surface area is 142 Å². The first-order chi connectivity index (χ1) is 11.6. The van der Waals surface area contributed by atoms with Gasteiger partial charge < -0.3 is 15.8 Å². The van der Waals surface area contributed by atoms with Crippen molar-refractivity contribution in [2.24, 2.45) is 0 Å². The Kier molecular flexibility index (Phi) is 5.13. The van der Waals surface area contributed by atoms with Crippen LogP contribution in [0.2, 0.25) is 0 Å². The van der Waals surface area contributed by atoms with Gasteiger partial charge in [-0.2, -0.15) is 0 Å². The van der Waals surface area contributed by atoms with Crippen LogP contribution < -0.4 is 11.1 Å². The summed E-state index contributed by atoms with van der Waals surface area (Å²) in [6.45, 7) is 6.06. The highest BCUT2D eigenvalue weighted by atomic mass is 16.5. The van der Waals surface area contributed by atoms with Gasteiger partial charge in [0.15, 0.2) is 0 Å². The number of rotatable bonds is 4. The summed E-state index contributed by atoms with van der Waals surface area (Å²) >= 11 is 0. The second kappa shape index (κ2) is 7.47. The SMILES string of the molecule is Cc1ccc(N)cc1C(=O)Nc1ccccc1CN1CCOCC1. The quantitative estimate of drug-likeness (QED) is 0.848. The average molecular weight is 325 g/mol. The van der Waals surface area contributed by atoms with Crippen LogP contribution in [-0.2, 0) is 11.3 Å². The predicted octanol–water partition coefficient (Wildman–Crippen LogP) is 2.66. The molecule has 3 N–H and O–H groups in total. The lowest BCUT2D eigenvalue weighted by Crippen LogP contribution is -2.35. The van der Waals surface area contributed by atoms with Gasteiger partial charge in [-0.05, 0) is 36.2 Å². The standard InChI is InChI=1S/C19H23N3O2/c1-14-6-7-16(20)12-17(14)19(23)21-18-5-3-2-4-15(18)13-22-8-10-24-11-9-22/h2-7,12H,8-11,13,20H2,1H3,(H,21,23). The van der Waals surface area contributed by atoms with E-state index in [4.69, 9.17) is 10.5 Å². The summed E-state index contributed by atoms with van der Waals surface area (Å²) in [5.41, 5.74) is 9.87. The fourth-order valence-electron chi connectivity index (χ4n) is 2.85. The molecule has 1 heterocycles. The minimum atomic E-state index is -0.130. The highest BCUT2D eigenvalue weighted by Crippen LogP contribution is 2.20. The minimum Gasteiger partial charge on any atom is -0.399 e. The van der Waals surface area contributed by atoms with E-state index in [9.17, 15) is 4.79 Å². The van der Waals surface area contributed by atoms with E-state index in [1.165, 1.54) is 0 Å². The molecule has 0 aliphatic carbocycles. The second-order valence-electron chi connectivity index (χ2n) is 6.07. The summed E-state index contributed by atoms with van der Waals surface area (Å²) in [6, 6.07) is 13.3. The maximum Gasteiger partial charge on any atom is 0.256 e. The molecule has 1 aliphatic heterocycles. The molecule has 3 rings (SSSR count). The summed E-state index contributed by atoms with van der Waals surface area (Å²) in [4.78, 5) is 15.0. The Balaban J connectivity index is 1.77. The monoisotopic (exact) mass is 325 g/mol. The van der Waals surface area contributed by atoms with Gasteiger partial charge in [0.1, 0.15) is 0 Å². The molecular formula is C19H23N3O2. The van der Waals surface area contributed by atoms with E-state index in [0.29, 0.717) is 11.3 Å². The fraction of sp³-hybridized carbons (Fsp3) is 0.316. The van der Waals surface area contributed by atoms with E-state index < -0.39 is 0 Å². The molecule has 1 saturated heterocycles. The number of amides is 1. The van der Waals surface area contributed by atoms with Crippen molar-refractivity contribution in [2.75, 3.05) is 37.4 Å². The van der Waals surface area contributed by atoms with Crippen LogP contribution in [0.15, 0.2) is 42.5 Å². The molecule has 24 heavy (non-hydrogen) atoms. The van der Waals surface area contributed by atoms with Gasteiger partial charge in [-0.3, -0.25) is 9.69 Å². The smallest absolute Gasteiger partial charge is 0.256 e. The number of anilines is 2. The molecule has 5 heteroatoms. The highest BCUT2D eigenvalue weighted by Gasteiger charge is 2.15.